The van der Waals surface area contributed by atoms with Crippen LogP contribution in [0.15, 0.2) is 0 Å². The fourth-order valence-electron chi connectivity index (χ4n) is 0.622. The molecule has 4 heteroatoms. The van der Waals surface area contributed by atoms with Gasteiger partial charge in [-0.2, -0.15) is 0 Å². The summed E-state index contributed by atoms with van der Waals surface area (Å²) in [6, 6.07) is 1.03. The van der Waals surface area contributed by atoms with Gasteiger partial charge < -0.3 is 4.74 Å². The Morgan fingerprint density at radius 3 is 2.15 bits per heavy atom. The van der Waals surface area contributed by atoms with Gasteiger partial charge in [-0.25, -0.2) is 0 Å². The van der Waals surface area contributed by atoms with E-state index in [4.69, 9.17) is 4.74 Å². The number of esters is 1. The van der Waals surface area contributed by atoms with E-state index in [1.165, 1.54) is 0 Å². The van der Waals surface area contributed by atoms with Crippen molar-refractivity contribution in [2.75, 3.05) is 6.61 Å². The van der Waals surface area contributed by atoms with Crippen LogP contribution in [-0.4, -0.2) is 25.0 Å². The summed E-state index contributed by atoms with van der Waals surface area (Å²) in [6.07, 6.45) is 0. The second kappa shape index (κ2) is 4.60. The third kappa shape index (κ3) is 7.25. The van der Waals surface area contributed by atoms with E-state index in [2.05, 4.69) is 35.6 Å². The largest absolute Gasteiger partial charge is 0.465 e. The molecular weight excluding hydrogens is 248 g/mol. The lowest BCUT2D eigenvalue weighted by Gasteiger charge is -2.18. The van der Waals surface area contributed by atoms with Gasteiger partial charge in [0.1, 0.15) is 4.32 Å². The maximum Gasteiger partial charge on any atom is 0.322 e. The van der Waals surface area contributed by atoms with Crippen molar-refractivity contribution in [1.29, 1.82) is 0 Å². The van der Waals surface area contributed by atoms with Crippen molar-refractivity contribution in [1.82, 2.24) is 0 Å². The summed E-state index contributed by atoms with van der Waals surface area (Å²) in [5.74, 6) is -0.175. The summed E-state index contributed by atoms with van der Waals surface area (Å²) in [5, 5.41) is 0. The van der Waals surface area contributed by atoms with Crippen LogP contribution < -0.4 is 0 Å². The van der Waals surface area contributed by atoms with E-state index in [1.54, 1.807) is 13.8 Å². The van der Waals surface area contributed by atoms with Gasteiger partial charge in [-0.1, -0.05) is 35.6 Å². The molecule has 0 saturated heterocycles. The highest BCUT2D eigenvalue weighted by molar-refractivity contribution is 9.10. The smallest absolute Gasteiger partial charge is 0.322 e. The normalized spacial score (nSPS) is 12.8. The van der Waals surface area contributed by atoms with E-state index in [0.29, 0.717) is 6.61 Å². The molecule has 0 aliphatic carbocycles. The van der Waals surface area contributed by atoms with E-state index >= 15 is 0 Å². The lowest BCUT2D eigenvalue weighted by atomic mass is 10.2. The van der Waals surface area contributed by atoms with Crippen molar-refractivity contribution in [3.63, 3.8) is 0 Å². The molecule has 0 radical (unpaired) electrons. The monoisotopic (exact) mass is 266 g/mol. The number of ether oxygens (including phenoxy) is 1. The van der Waals surface area contributed by atoms with Crippen LogP contribution in [0.3, 0.4) is 0 Å². The molecule has 78 valence electrons. The van der Waals surface area contributed by atoms with Crippen LogP contribution in [-0.2, 0) is 9.53 Å². The second-order valence-corrected chi connectivity index (χ2v) is 12.5. The van der Waals surface area contributed by atoms with Gasteiger partial charge in [-0.15, -0.1) is 0 Å². The highest BCUT2D eigenvalue weighted by Gasteiger charge is 2.25. The van der Waals surface area contributed by atoms with Crippen molar-refractivity contribution >= 4 is 30.0 Å². The zero-order valence-electron chi connectivity index (χ0n) is 9.11. The molecule has 0 aliphatic heterocycles. The number of carbonyl (C=O) groups excluding carboxylic acids is 1. The standard InChI is InChI=1S/C9H19BrO2Si/c1-9(2,10)8(11)12-6-7-13(3,4)5/h6-7H2,1-5H3. The van der Waals surface area contributed by atoms with Gasteiger partial charge in [0.15, 0.2) is 0 Å². The Morgan fingerprint density at radius 1 is 1.38 bits per heavy atom. The quantitative estimate of drug-likeness (QED) is 0.444. The van der Waals surface area contributed by atoms with Crippen LogP contribution in [0.1, 0.15) is 13.8 Å². The Kier molecular flexibility index (Phi) is 4.66. The summed E-state index contributed by atoms with van der Waals surface area (Å²) in [6.45, 7) is 10.9. The number of hydrogen-bond acceptors (Lipinski definition) is 2. The molecule has 0 aliphatic rings. The Morgan fingerprint density at radius 2 is 1.85 bits per heavy atom. The molecule has 0 heterocycles. The average Bonchev–Trinajstić information content (AvgIpc) is 1.82. The van der Waals surface area contributed by atoms with E-state index < -0.39 is 12.4 Å². The summed E-state index contributed by atoms with van der Waals surface area (Å²) in [5.41, 5.74) is 0. The summed E-state index contributed by atoms with van der Waals surface area (Å²) in [4.78, 5) is 11.3. The first-order chi connectivity index (χ1) is 5.63. The molecule has 0 aromatic carbocycles. The van der Waals surface area contributed by atoms with Gasteiger partial charge in [-0.3, -0.25) is 4.79 Å². The lowest BCUT2D eigenvalue weighted by Crippen LogP contribution is -2.29. The third-order valence-electron chi connectivity index (χ3n) is 1.57. The molecule has 0 amide bonds. The molecule has 0 bridgehead atoms. The van der Waals surface area contributed by atoms with E-state index in [1.807, 2.05) is 0 Å². The predicted molar refractivity (Wildman–Crippen MR) is 62.1 cm³/mol. The molecule has 0 saturated carbocycles. The van der Waals surface area contributed by atoms with Gasteiger partial charge in [0.05, 0.1) is 6.61 Å². The van der Waals surface area contributed by atoms with Gasteiger partial charge in [0, 0.05) is 8.07 Å². The topological polar surface area (TPSA) is 26.3 Å². The molecule has 0 N–H and O–H groups in total. The molecule has 2 nitrogen and oxygen atoms in total. The maximum absolute atomic E-state index is 11.3. The molecule has 13 heavy (non-hydrogen) atoms. The van der Waals surface area contributed by atoms with E-state index in [9.17, 15) is 4.79 Å². The summed E-state index contributed by atoms with van der Waals surface area (Å²) < 4.78 is 4.58. The van der Waals surface area contributed by atoms with E-state index in [0.717, 1.165) is 6.04 Å². The molecule has 0 spiro atoms. The molecule has 0 atom stereocenters. The van der Waals surface area contributed by atoms with Crippen molar-refractivity contribution in [2.45, 2.75) is 43.9 Å². The minimum Gasteiger partial charge on any atom is -0.465 e. The van der Waals surface area contributed by atoms with Crippen LogP contribution >= 0.6 is 15.9 Å². The summed E-state index contributed by atoms with van der Waals surface area (Å²) >= 11 is 3.26. The molecule has 0 unspecified atom stereocenters. The SMILES string of the molecule is CC(C)(Br)C(=O)OCC[Si](C)(C)C. The number of alkyl halides is 1. The van der Waals surface area contributed by atoms with Crippen molar-refractivity contribution < 1.29 is 9.53 Å². The van der Waals surface area contributed by atoms with Crippen LogP contribution in [0.25, 0.3) is 0 Å². The van der Waals surface area contributed by atoms with Gasteiger partial charge in [0.25, 0.3) is 0 Å². The number of rotatable bonds is 4. The first-order valence-electron chi connectivity index (χ1n) is 4.49. The fraction of sp³-hybridized carbons (Fsp3) is 0.889. The zero-order chi connectivity index (χ0) is 10.7. The maximum atomic E-state index is 11.3. The molecular formula is C9H19BrO2Si. The Bertz CT molecular complexity index is 179. The summed E-state index contributed by atoms with van der Waals surface area (Å²) in [7, 11) is -1.08. The van der Waals surface area contributed by atoms with Crippen LogP contribution in [0, 0.1) is 0 Å². The Balaban J connectivity index is 3.74. The molecule has 0 fully saturated rings. The third-order valence-corrected chi connectivity index (χ3v) is 3.60. The molecule has 0 aromatic rings. The number of carbonyl (C=O) groups is 1. The molecule has 0 rings (SSSR count). The number of halogens is 1. The van der Waals surface area contributed by atoms with Crippen molar-refractivity contribution in [3.8, 4) is 0 Å². The first kappa shape index (κ1) is 13.2. The second-order valence-electron chi connectivity index (χ2n) is 4.92. The van der Waals surface area contributed by atoms with Crippen LogP contribution in [0.2, 0.25) is 25.7 Å². The lowest BCUT2D eigenvalue weighted by molar-refractivity contribution is -0.144. The minimum atomic E-state index is -1.08. The Labute approximate surface area is 90.2 Å². The average molecular weight is 267 g/mol. The molecule has 0 aromatic heterocycles. The fourth-order valence-corrected chi connectivity index (χ4v) is 1.45. The highest BCUT2D eigenvalue weighted by Crippen LogP contribution is 2.18. The minimum absolute atomic E-state index is 0.175. The highest BCUT2D eigenvalue weighted by atomic mass is 79.9. The Hall–Kier alpha value is 0.167. The predicted octanol–water partition coefficient (Wildman–Crippen LogP) is 3.04. The zero-order valence-corrected chi connectivity index (χ0v) is 11.7. The van der Waals surface area contributed by atoms with Crippen LogP contribution in [0.4, 0.5) is 0 Å². The van der Waals surface area contributed by atoms with Gasteiger partial charge in [-0.05, 0) is 19.9 Å². The number of hydrogen-bond donors (Lipinski definition) is 0. The van der Waals surface area contributed by atoms with E-state index in [-0.39, 0.29) is 5.97 Å². The van der Waals surface area contributed by atoms with Gasteiger partial charge >= 0.3 is 5.97 Å². The van der Waals surface area contributed by atoms with Crippen molar-refractivity contribution in [2.24, 2.45) is 0 Å². The van der Waals surface area contributed by atoms with Crippen LogP contribution in [0.5, 0.6) is 0 Å². The van der Waals surface area contributed by atoms with Crippen molar-refractivity contribution in [3.05, 3.63) is 0 Å². The van der Waals surface area contributed by atoms with Gasteiger partial charge in [0.2, 0.25) is 0 Å². The first-order valence-corrected chi connectivity index (χ1v) is 8.99.